The van der Waals surface area contributed by atoms with Crippen LogP contribution in [-0.2, 0) is 0 Å². The first-order valence-electron chi connectivity index (χ1n) is 11.1. The van der Waals surface area contributed by atoms with Gasteiger partial charge in [-0.05, 0) is 83.3 Å². The van der Waals surface area contributed by atoms with Crippen LogP contribution in [-0.4, -0.2) is 9.13 Å². The number of para-hydroxylation sites is 3. The summed E-state index contributed by atoms with van der Waals surface area (Å²) in [5.41, 5.74) is 7.29. The molecule has 0 aliphatic carbocycles. The maximum absolute atomic E-state index is 2.40. The molecule has 2 nitrogen and oxygen atoms in total. The number of hydrogen-bond donors (Lipinski definition) is 0. The number of aromatic nitrogens is 2. The Morgan fingerprint density at radius 3 is 1.27 bits per heavy atom. The molecule has 2 aromatic heterocycles. The zero-order chi connectivity index (χ0) is 21.9. The molecule has 5 aromatic carbocycles. The predicted octanol–water partition coefficient (Wildman–Crippen LogP) is 8.49. The van der Waals surface area contributed by atoms with Gasteiger partial charge in [0.1, 0.15) is 0 Å². The summed E-state index contributed by atoms with van der Waals surface area (Å²) in [4.78, 5) is 0. The van der Waals surface area contributed by atoms with Crippen molar-refractivity contribution in [2.75, 3.05) is 0 Å². The molecule has 0 atom stereocenters. The summed E-state index contributed by atoms with van der Waals surface area (Å²) < 4.78 is 5.99. The fourth-order valence-corrected chi connectivity index (χ4v) is 5.67. The van der Waals surface area contributed by atoms with Crippen molar-refractivity contribution < 1.29 is 0 Å². The number of hydrogen-bond acceptors (Lipinski definition) is 0. The highest BCUT2D eigenvalue weighted by atomic mass is 127. The molecular formula is C30H19IN2. The minimum Gasteiger partial charge on any atom is -0.309 e. The quantitative estimate of drug-likeness (QED) is 0.197. The Hall–Kier alpha value is -3.57. The fourth-order valence-electron chi connectivity index (χ4n) is 5.17. The molecule has 7 rings (SSSR count). The van der Waals surface area contributed by atoms with Gasteiger partial charge in [-0.25, -0.2) is 0 Å². The van der Waals surface area contributed by atoms with Crippen molar-refractivity contribution in [2.45, 2.75) is 0 Å². The van der Waals surface area contributed by atoms with E-state index in [0.29, 0.717) is 0 Å². The van der Waals surface area contributed by atoms with Crippen LogP contribution in [0.2, 0.25) is 0 Å². The first-order valence-corrected chi connectivity index (χ1v) is 12.2. The van der Waals surface area contributed by atoms with Crippen molar-refractivity contribution in [1.29, 1.82) is 0 Å². The third-order valence-electron chi connectivity index (χ3n) is 6.58. The van der Waals surface area contributed by atoms with E-state index in [-0.39, 0.29) is 0 Å². The molecule has 0 aliphatic heterocycles. The van der Waals surface area contributed by atoms with Crippen molar-refractivity contribution in [2.24, 2.45) is 0 Å². The van der Waals surface area contributed by atoms with Gasteiger partial charge >= 0.3 is 0 Å². The molecule has 0 bridgehead atoms. The van der Waals surface area contributed by atoms with E-state index in [1.165, 1.54) is 58.6 Å². The van der Waals surface area contributed by atoms with Gasteiger partial charge in [0.25, 0.3) is 0 Å². The number of benzene rings is 5. The van der Waals surface area contributed by atoms with Crippen LogP contribution in [0.4, 0.5) is 0 Å². The Bertz CT molecular complexity index is 1770. The van der Waals surface area contributed by atoms with Gasteiger partial charge in [-0.3, -0.25) is 0 Å². The number of halogens is 1. The number of nitrogens with zero attached hydrogens (tertiary/aromatic N) is 2. The first kappa shape index (κ1) is 18.9. The number of fused-ring (bicyclic) bond motifs is 6. The van der Waals surface area contributed by atoms with Crippen molar-refractivity contribution in [3.63, 3.8) is 0 Å². The summed E-state index contributed by atoms with van der Waals surface area (Å²) in [6, 6.07) is 41.6. The second-order valence-electron chi connectivity index (χ2n) is 8.40. The largest absolute Gasteiger partial charge is 0.309 e. The second-order valence-corrected chi connectivity index (χ2v) is 9.65. The lowest BCUT2D eigenvalue weighted by Crippen LogP contribution is -1.97. The fraction of sp³-hybridized carbons (Fsp3) is 0. The van der Waals surface area contributed by atoms with Crippen LogP contribution in [0, 0.1) is 3.57 Å². The average Bonchev–Trinajstić information content (AvgIpc) is 3.37. The van der Waals surface area contributed by atoms with Crippen molar-refractivity contribution in [1.82, 2.24) is 9.13 Å². The van der Waals surface area contributed by atoms with Crippen LogP contribution in [0.3, 0.4) is 0 Å². The van der Waals surface area contributed by atoms with Gasteiger partial charge in [0.05, 0.1) is 22.1 Å². The molecular weight excluding hydrogens is 515 g/mol. The van der Waals surface area contributed by atoms with Crippen molar-refractivity contribution in [3.8, 4) is 11.4 Å². The molecule has 0 unspecified atom stereocenters. The van der Waals surface area contributed by atoms with Crippen LogP contribution in [0.1, 0.15) is 0 Å². The van der Waals surface area contributed by atoms with Gasteiger partial charge in [0.2, 0.25) is 0 Å². The molecule has 0 N–H and O–H groups in total. The Balaban J connectivity index is 1.46. The molecule has 7 aromatic rings. The van der Waals surface area contributed by atoms with Gasteiger partial charge in [-0.1, -0.05) is 54.6 Å². The molecule has 156 valence electrons. The van der Waals surface area contributed by atoms with Gasteiger partial charge in [0, 0.05) is 36.5 Å². The lowest BCUT2D eigenvalue weighted by Gasteiger charge is -2.11. The zero-order valence-corrected chi connectivity index (χ0v) is 19.9. The van der Waals surface area contributed by atoms with Crippen molar-refractivity contribution in [3.05, 3.63) is 119 Å². The average molecular weight is 534 g/mol. The summed E-state index contributed by atoms with van der Waals surface area (Å²) in [6.45, 7) is 0. The topological polar surface area (TPSA) is 9.86 Å². The SMILES string of the molecule is Ic1ccc2c(c1)c1ccccc1n2-c1ccc(-n2c3ccccc3c3ccccc32)cc1. The van der Waals surface area contributed by atoms with Gasteiger partial charge in [-0.15, -0.1) is 0 Å². The van der Waals surface area contributed by atoms with E-state index in [2.05, 4.69) is 147 Å². The Kier molecular flexibility index (Phi) is 4.15. The first-order chi connectivity index (χ1) is 16.3. The van der Waals surface area contributed by atoms with E-state index in [9.17, 15) is 0 Å². The summed E-state index contributed by atoms with van der Waals surface area (Å²) >= 11 is 2.40. The zero-order valence-electron chi connectivity index (χ0n) is 17.7. The summed E-state index contributed by atoms with van der Waals surface area (Å²) in [5.74, 6) is 0. The predicted molar refractivity (Wildman–Crippen MR) is 148 cm³/mol. The van der Waals surface area contributed by atoms with Gasteiger partial charge in [-0.2, -0.15) is 0 Å². The van der Waals surface area contributed by atoms with Gasteiger partial charge < -0.3 is 9.13 Å². The van der Waals surface area contributed by atoms with E-state index < -0.39 is 0 Å². The lowest BCUT2D eigenvalue weighted by molar-refractivity contribution is 1.14. The third kappa shape index (κ3) is 2.79. The maximum atomic E-state index is 2.40. The van der Waals surface area contributed by atoms with E-state index >= 15 is 0 Å². The minimum atomic E-state index is 1.17. The molecule has 0 saturated heterocycles. The molecule has 0 saturated carbocycles. The van der Waals surface area contributed by atoms with E-state index in [1.807, 2.05) is 0 Å². The Morgan fingerprint density at radius 1 is 0.394 bits per heavy atom. The van der Waals surface area contributed by atoms with Crippen molar-refractivity contribution >= 4 is 66.2 Å². The molecule has 2 heterocycles. The highest BCUT2D eigenvalue weighted by Gasteiger charge is 2.14. The van der Waals surface area contributed by atoms with Crippen LogP contribution in [0.5, 0.6) is 0 Å². The molecule has 0 fully saturated rings. The van der Waals surface area contributed by atoms with E-state index in [1.54, 1.807) is 0 Å². The van der Waals surface area contributed by atoms with E-state index in [4.69, 9.17) is 0 Å². The highest BCUT2D eigenvalue weighted by Crippen LogP contribution is 2.35. The van der Waals surface area contributed by atoms with Crippen LogP contribution >= 0.6 is 22.6 Å². The molecule has 0 radical (unpaired) electrons. The lowest BCUT2D eigenvalue weighted by atomic mass is 10.2. The molecule has 3 heteroatoms. The maximum Gasteiger partial charge on any atom is 0.0541 e. The smallest absolute Gasteiger partial charge is 0.0541 e. The van der Waals surface area contributed by atoms with Crippen LogP contribution < -0.4 is 0 Å². The normalized spacial score (nSPS) is 11.8. The summed E-state index contributed by atoms with van der Waals surface area (Å²) in [6.07, 6.45) is 0. The van der Waals surface area contributed by atoms with Crippen LogP contribution in [0.15, 0.2) is 115 Å². The van der Waals surface area contributed by atoms with Gasteiger partial charge in [0.15, 0.2) is 0 Å². The Morgan fingerprint density at radius 2 is 0.788 bits per heavy atom. The molecule has 0 spiro atoms. The minimum absolute atomic E-state index is 1.17. The van der Waals surface area contributed by atoms with Crippen LogP contribution in [0.25, 0.3) is 55.0 Å². The highest BCUT2D eigenvalue weighted by molar-refractivity contribution is 14.1. The second kappa shape index (κ2) is 7.22. The summed E-state index contributed by atoms with van der Waals surface area (Å²) in [7, 11) is 0. The van der Waals surface area contributed by atoms with E-state index in [0.717, 1.165) is 0 Å². The monoisotopic (exact) mass is 534 g/mol. The standard InChI is InChI=1S/C30H19IN2/c31-20-13-18-30-26(19-20)25-9-3-6-12-29(25)33(30)22-16-14-21(15-17-22)32-27-10-4-1-7-23(27)24-8-2-5-11-28(24)32/h1-19H. The molecule has 33 heavy (non-hydrogen) atoms. The number of rotatable bonds is 2. The molecule has 0 aliphatic rings. The molecule has 0 amide bonds. The summed E-state index contributed by atoms with van der Waals surface area (Å²) in [5, 5.41) is 5.16. The third-order valence-corrected chi connectivity index (χ3v) is 7.25. The Labute approximate surface area is 204 Å².